The number of rotatable bonds is 3. The van der Waals surface area contributed by atoms with Crippen molar-refractivity contribution < 1.29 is 9.90 Å². The van der Waals surface area contributed by atoms with E-state index in [0.717, 1.165) is 17.2 Å². The third kappa shape index (κ3) is 2.25. The zero-order chi connectivity index (χ0) is 13.4. The van der Waals surface area contributed by atoms with Gasteiger partial charge in [0.1, 0.15) is 11.0 Å². The maximum atomic E-state index is 10.8. The van der Waals surface area contributed by atoms with Crippen molar-refractivity contribution in [2.45, 2.75) is 0 Å². The molecule has 2 heterocycles. The Morgan fingerprint density at radius 1 is 1.37 bits per heavy atom. The molecule has 96 valence electrons. The molecule has 0 saturated heterocycles. The molecule has 9 heteroatoms. The highest BCUT2D eigenvalue weighted by molar-refractivity contribution is 7.14. The van der Waals surface area contributed by atoms with Crippen LogP contribution in [0.15, 0.2) is 17.5 Å². The molecule has 0 aliphatic carbocycles. The van der Waals surface area contributed by atoms with Crippen molar-refractivity contribution in [2.24, 2.45) is 0 Å². The molecule has 2 aromatic heterocycles. The van der Waals surface area contributed by atoms with Crippen LogP contribution in [0.25, 0.3) is 11.0 Å². The Kier molecular flexibility index (Phi) is 3.05. The molecule has 19 heavy (non-hydrogen) atoms. The summed E-state index contributed by atoms with van der Waals surface area (Å²) >= 11 is 8.39. The number of aromatic carboxylic acids is 1. The number of fused-ring (bicyclic) bond motifs is 1. The molecule has 0 aliphatic heterocycles. The van der Waals surface area contributed by atoms with E-state index in [2.05, 4.69) is 19.0 Å². The summed E-state index contributed by atoms with van der Waals surface area (Å²) in [4.78, 5) is 14.7. The van der Waals surface area contributed by atoms with E-state index in [1.807, 2.05) is 0 Å². The van der Waals surface area contributed by atoms with Gasteiger partial charge in [-0.15, -0.1) is 11.3 Å². The SMILES string of the molecule is O=C(O)c1csc(Nc2c(Cl)ccc3nsnc23)n1. The molecule has 2 N–H and O–H groups in total. The number of carbonyl (C=O) groups is 1. The molecule has 0 radical (unpaired) electrons. The maximum Gasteiger partial charge on any atom is 0.355 e. The molecule has 0 atom stereocenters. The lowest BCUT2D eigenvalue weighted by Gasteiger charge is -2.05. The van der Waals surface area contributed by atoms with Gasteiger partial charge in [0.2, 0.25) is 0 Å². The summed E-state index contributed by atoms with van der Waals surface area (Å²) in [5, 5.41) is 14.2. The molecule has 6 nitrogen and oxygen atoms in total. The second kappa shape index (κ2) is 4.72. The van der Waals surface area contributed by atoms with E-state index in [4.69, 9.17) is 16.7 Å². The topological polar surface area (TPSA) is 88.0 Å². The minimum absolute atomic E-state index is 0.00722. The summed E-state index contributed by atoms with van der Waals surface area (Å²) in [6.07, 6.45) is 0. The number of hydrogen-bond acceptors (Lipinski definition) is 7. The lowest BCUT2D eigenvalue weighted by atomic mass is 10.2. The summed E-state index contributed by atoms with van der Waals surface area (Å²) in [7, 11) is 0. The highest BCUT2D eigenvalue weighted by Crippen LogP contribution is 2.33. The van der Waals surface area contributed by atoms with Crippen molar-refractivity contribution in [2.75, 3.05) is 5.32 Å². The van der Waals surface area contributed by atoms with E-state index in [1.54, 1.807) is 12.1 Å². The number of hydrogen-bond donors (Lipinski definition) is 2. The van der Waals surface area contributed by atoms with Crippen LogP contribution >= 0.6 is 34.7 Å². The van der Waals surface area contributed by atoms with Crippen molar-refractivity contribution in [1.82, 2.24) is 13.7 Å². The zero-order valence-corrected chi connectivity index (χ0v) is 11.5. The fourth-order valence-corrected chi connectivity index (χ4v) is 2.91. The van der Waals surface area contributed by atoms with Gasteiger partial charge in [-0.05, 0) is 12.1 Å². The fraction of sp³-hybridized carbons (Fsp3) is 0. The van der Waals surface area contributed by atoms with Crippen molar-refractivity contribution in [3.8, 4) is 0 Å². The zero-order valence-electron chi connectivity index (χ0n) is 9.12. The number of nitrogens with one attached hydrogen (secondary N) is 1. The summed E-state index contributed by atoms with van der Waals surface area (Å²) in [5.41, 5.74) is 1.95. The van der Waals surface area contributed by atoms with Crippen LogP contribution in [0.3, 0.4) is 0 Å². The molecular formula is C10H5ClN4O2S2. The van der Waals surface area contributed by atoms with Gasteiger partial charge in [-0.2, -0.15) is 8.75 Å². The molecule has 0 unspecified atom stereocenters. The Bertz CT molecular complexity index is 770. The lowest BCUT2D eigenvalue weighted by molar-refractivity contribution is 0.0691. The first-order chi connectivity index (χ1) is 9.15. The molecule has 0 saturated carbocycles. The van der Waals surface area contributed by atoms with E-state index in [-0.39, 0.29) is 5.69 Å². The van der Waals surface area contributed by atoms with E-state index >= 15 is 0 Å². The number of halogens is 1. The third-order valence-electron chi connectivity index (χ3n) is 2.33. The number of thiazole rings is 1. The average molecular weight is 313 g/mol. The van der Waals surface area contributed by atoms with Crippen LogP contribution in [0.1, 0.15) is 10.5 Å². The normalized spacial score (nSPS) is 10.8. The van der Waals surface area contributed by atoms with Crippen molar-refractivity contribution in [1.29, 1.82) is 0 Å². The van der Waals surface area contributed by atoms with E-state index in [0.29, 0.717) is 21.4 Å². The predicted molar refractivity (Wildman–Crippen MR) is 74.8 cm³/mol. The van der Waals surface area contributed by atoms with Crippen LogP contribution in [-0.2, 0) is 0 Å². The number of nitrogens with zero attached hydrogens (tertiary/aromatic N) is 3. The van der Waals surface area contributed by atoms with Crippen molar-refractivity contribution in [3.63, 3.8) is 0 Å². The second-order valence-corrected chi connectivity index (χ2v) is 5.32. The largest absolute Gasteiger partial charge is 0.476 e. The van der Waals surface area contributed by atoms with Crippen LogP contribution < -0.4 is 5.32 Å². The quantitative estimate of drug-likeness (QED) is 0.772. The standard InChI is InChI=1S/C10H5ClN4O2S2/c11-4-1-2-5-8(15-19-14-5)7(4)13-10-12-6(3-18-10)9(16)17/h1-3H,(H,12,13)(H,16,17). The Labute approximate surface area is 120 Å². The molecule has 0 amide bonds. The summed E-state index contributed by atoms with van der Waals surface area (Å²) in [5.74, 6) is -1.07. The van der Waals surface area contributed by atoms with Gasteiger partial charge in [0, 0.05) is 5.38 Å². The molecule has 3 aromatic rings. The second-order valence-electron chi connectivity index (χ2n) is 3.52. The van der Waals surface area contributed by atoms with Crippen molar-refractivity contribution in [3.05, 3.63) is 28.2 Å². The summed E-state index contributed by atoms with van der Waals surface area (Å²) in [6, 6.07) is 3.48. The maximum absolute atomic E-state index is 10.8. The minimum Gasteiger partial charge on any atom is -0.476 e. The Morgan fingerprint density at radius 2 is 2.21 bits per heavy atom. The molecule has 3 rings (SSSR count). The number of carboxylic acids is 1. The van der Waals surface area contributed by atoms with E-state index in [1.165, 1.54) is 16.7 Å². The number of aromatic nitrogens is 3. The lowest BCUT2D eigenvalue weighted by Crippen LogP contribution is -1.97. The molecule has 0 bridgehead atoms. The predicted octanol–water partition coefficient (Wildman–Crippen LogP) is 3.24. The highest BCUT2D eigenvalue weighted by atomic mass is 35.5. The molecule has 0 fully saturated rings. The van der Waals surface area contributed by atoms with E-state index < -0.39 is 5.97 Å². The van der Waals surface area contributed by atoms with Crippen LogP contribution in [0, 0.1) is 0 Å². The van der Waals surface area contributed by atoms with Crippen molar-refractivity contribution >= 4 is 62.5 Å². The van der Waals surface area contributed by atoms with Crippen LogP contribution in [0.4, 0.5) is 10.8 Å². The average Bonchev–Trinajstić information content (AvgIpc) is 3.01. The Morgan fingerprint density at radius 3 is 2.95 bits per heavy atom. The van der Waals surface area contributed by atoms with Gasteiger partial charge in [-0.1, -0.05) is 11.6 Å². The Balaban J connectivity index is 2.02. The molecule has 0 aliphatic rings. The third-order valence-corrected chi connectivity index (χ3v) is 3.95. The van der Waals surface area contributed by atoms with Gasteiger partial charge in [0.15, 0.2) is 10.8 Å². The summed E-state index contributed by atoms with van der Waals surface area (Å²) < 4.78 is 8.28. The number of anilines is 2. The molecule has 0 spiro atoms. The monoisotopic (exact) mass is 312 g/mol. The van der Waals surface area contributed by atoms with Gasteiger partial charge < -0.3 is 10.4 Å². The van der Waals surface area contributed by atoms with Crippen LogP contribution in [0.2, 0.25) is 5.02 Å². The van der Waals surface area contributed by atoms with Crippen LogP contribution in [0.5, 0.6) is 0 Å². The highest BCUT2D eigenvalue weighted by Gasteiger charge is 2.13. The van der Waals surface area contributed by atoms with Gasteiger partial charge >= 0.3 is 5.97 Å². The summed E-state index contributed by atoms with van der Waals surface area (Å²) in [6.45, 7) is 0. The van der Waals surface area contributed by atoms with Gasteiger partial charge in [0.05, 0.1) is 22.4 Å². The van der Waals surface area contributed by atoms with Crippen LogP contribution in [-0.4, -0.2) is 24.8 Å². The van der Waals surface area contributed by atoms with E-state index in [9.17, 15) is 4.79 Å². The van der Waals surface area contributed by atoms with Gasteiger partial charge in [-0.25, -0.2) is 9.78 Å². The first-order valence-electron chi connectivity index (χ1n) is 5.02. The first kappa shape index (κ1) is 12.3. The number of carboxylic acid groups (broad SMARTS) is 1. The molecular weight excluding hydrogens is 308 g/mol. The Hall–Kier alpha value is -1.77. The minimum atomic E-state index is -1.07. The smallest absolute Gasteiger partial charge is 0.355 e. The first-order valence-corrected chi connectivity index (χ1v) is 7.00. The van der Waals surface area contributed by atoms with Gasteiger partial charge in [0.25, 0.3) is 0 Å². The molecule has 1 aromatic carbocycles. The fourth-order valence-electron chi connectivity index (χ4n) is 1.48. The number of benzene rings is 1. The van der Waals surface area contributed by atoms with Gasteiger partial charge in [-0.3, -0.25) is 0 Å².